The van der Waals surface area contributed by atoms with Gasteiger partial charge in [-0.1, -0.05) is 22.0 Å². The summed E-state index contributed by atoms with van der Waals surface area (Å²) >= 11 is 3.45. The number of hydrogen-bond acceptors (Lipinski definition) is 4. The lowest BCUT2D eigenvalue weighted by atomic mass is 10.1. The molecule has 0 amide bonds. The molecule has 0 heterocycles. The molecule has 5 heteroatoms. The fraction of sp³-hybridized carbons (Fsp3) is 0.133. The number of rotatable bonds is 3. The molecule has 0 saturated carbocycles. The monoisotopic (exact) mass is 334 g/mol. The smallest absolute Gasteiger partial charge is 0.340 e. The normalized spacial score (nSPS) is 10.2. The Balaban J connectivity index is 2.36. The minimum absolute atomic E-state index is 0.351. The van der Waals surface area contributed by atoms with Crippen LogP contribution in [-0.2, 0) is 4.74 Å². The summed E-state index contributed by atoms with van der Waals surface area (Å²) in [5.74, 6) is -0.448. The number of ether oxygens (including phenoxy) is 1. The molecule has 0 aliphatic heterocycles. The first-order valence-corrected chi connectivity index (χ1v) is 6.81. The lowest BCUT2D eigenvalue weighted by molar-refractivity contribution is 0.0602. The van der Waals surface area contributed by atoms with E-state index in [0.29, 0.717) is 16.9 Å². The fourth-order valence-corrected chi connectivity index (χ4v) is 2.53. The summed E-state index contributed by atoms with van der Waals surface area (Å²) < 4.78 is 5.68. The average Bonchev–Trinajstić information content (AvgIpc) is 2.39. The third-order valence-electron chi connectivity index (χ3n) is 2.83. The minimum Gasteiger partial charge on any atom is -0.465 e. The standard InChI is InChI=1S/C15H15BrN2O2/c1-9-6-10(16)8-11(7-9)18-13-5-3-4-12(14(13)17)15(19)20-2/h3-8,18H,17H2,1-2H3. The van der Waals surface area contributed by atoms with Crippen LogP contribution in [-0.4, -0.2) is 13.1 Å². The number of nitrogens with two attached hydrogens (primary N) is 1. The van der Waals surface area contributed by atoms with Crippen molar-refractivity contribution in [1.82, 2.24) is 0 Å². The van der Waals surface area contributed by atoms with Crippen LogP contribution in [0.4, 0.5) is 17.1 Å². The molecule has 4 nitrogen and oxygen atoms in total. The van der Waals surface area contributed by atoms with E-state index >= 15 is 0 Å². The van der Waals surface area contributed by atoms with Crippen molar-refractivity contribution < 1.29 is 9.53 Å². The molecule has 0 bridgehead atoms. The summed E-state index contributed by atoms with van der Waals surface area (Å²) in [6.07, 6.45) is 0. The van der Waals surface area contributed by atoms with Gasteiger partial charge in [-0.05, 0) is 42.8 Å². The van der Waals surface area contributed by atoms with E-state index in [2.05, 4.69) is 21.2 Å². The Kier molecular flexibility index (Phi) is 4.29. The molecule has 20 heavy (non-hydrogen) atoms. The minimum atomic E-state index is -0.448. The second kappa shape index (κ2) is 5.96. The number of carbonyl (C=O) groups is 1. The zero-order chi connectivity index (χ0) is 14.7. The van der Waals surface area contributed by atoms with Gasteiger partial charge >= 0.3 is 5.97 Å². The number of anilines is 3. The number of hydrogen-bond donors (Lipinski definition) is 2. The molecule has 0 atom stereocenters. The van der Waals surface area contributed by atoms with E-state index in [1.165, 1.54) is 7.11 Å². The Hall–Kier alpha value is -2.01. The highest BCUT2D eigenvalue weighted by molar-refractivity contribution is 9.10. The number of carbonyl (C=O) groups excluding carboxylic acids is 1. The van der Waals surface area contributed by atoms with Crippen molar-refractivity contribution in [3.05, 3.63) is 52.0 Å². The van der Waals surface area contributed by atoms with Crippen molar-refractivity contribution in [2.45, 2.75) is 6.92 Å². The maximum Gasteiger partial charge on any atom is 0.340 e. The van der Waals surface area contributed by atoms with Crippen LogP contribution in [0, 0.1) is 6.92 Å². The average molecular weight is 335 g/mol. The summed E-state index contributed by atoms with van der Waals surface area (Å²) in [5.41, 5.74) is 9.41. The lowest BCUT2D eigenvalue weighted by Crippen LogP contribution is -2.07. The molecule has 2 aromatic carbocycles. The molecule has 0 fully saturated rings. The number of nitrogen functional groups attached to an aromatic ring is 1. The second-order valence-corrected chi connectivity index (χ2v) is 5.32. The number of esters is 1. The van der Waals surface area contributed by atoms with Gasteiger partial charge in [0.1, 0.15) is 0 Å². The van der Waals surface area contributed by atoms with Gasteiger partial charge in [-0.3, -0.25) is 0 Å². The zero-order valence-electron chi connectivity index (χ0n) is 11.2. The molecule has 0 aromatic heterocycles. The molecule has 0 saturated heterocycles. The Labute approximate surface area is 126 Å². The highest BCUT2D eigenvalue weighted by atomic mass is 79.9. The molecular weight excluding hydrogens is 320 g/mol. The maximum atomic E-state index is 11.6. The third-order valence-corrected chi connectivity index (χ3v) is 3.29. The fourth-order valence-electron chi connectivity index (χ4n) is 1.93. The Morgan fingerprint density at radius 3 is 2.70 bits per heavy atom. The van der Waals surface area contributed by atoms with Crippen LogP contribution in [0.15, 0.2) is 40.9 Å². The van der Waals surface area contributed by atoms with Crippen molar-refractivity contribution in [1.29, 1.82) is 0 Å². The van der Waals surface area contributed by atoms with Crippen LogP contribution in [0.3, 0.4) is 0 Å². The molecule has 0 radical (unpaired) electrons. The van der Waals surface area contributed by atoms with Gasteiger partial charge in [0.15, 0.2) is 0 Å². The molecule has 0 spiro atoms. The summed E-state index contributed by atoms with van der Waals surface area (Å²) in [7, 11) is 1.33. The van der Waals surface area contributed by atoms with Crippen LogP contribution in [0.5, 0.6) is 0 Å². The topological polar surface area (TPSA) is 64.3 Å². The van der Waals surface area contributed by atoms with E-state index in [-0.39, 0.29) is 0 Å². The number of methoxy groups -OCH3 is 1. The van der Waals surface area contributed by atoms with E-state index in [9.17, 15) is 4.79 Å². The third kappa shape index (κ3) is 3.11. The first kappa shape index (κ1) is 14.4. The van der Waals surface area contributed by atoms with E-state index in [0.717, 1.165) is 15.7 Å². The number of benzene rings is 2. The van der Waals surface area contributed by atoms with Gasteiger partial charge in [0, 0.05) is 10.2 Å². The van der Waals surface area contributed by atoms with Gasteiger partial charge in [-0.25, -0.2) is 4.79 Å². The zero-order valence-corrected chi connectivity index (χ0v) is 12.8. The molecule has 2 rings (SSSR count). The molecule has 3 N–H and O–H groups in total. The van der Waals surface area contributed by atoms with Crippen LogP contribution < -0.4 is 11.1 Å². The first-order chi connectivity index (χ1) is 9.51. The van der Waals surface area contributed by atoms with Crippen LogP contribution in [0.25, 0.3) is 0 Å². The molecular formula is C15H15BrN2O2. The summed E-state index contributed by atoms with van der Waals surface area (Å²) in [4.78, 5) is 11.6. The van der Waals surface area contributed by atoms with Crippen molar-refractivity contribution in [3.8, 4) is 0 Å². The Morgan fingerprint density at radius 2 is 2.05 bits per heavy atom. The van der Waals surface area contributed by atoms with Crippen molar-refractivity contribution in [3.63, 3.8) is 0 Å². The van der Waals surface area contributed by atoms with Gasteiger partial charge in [0.2, 0.25) is 0 Å². The van der Waals surface area contributed by atoms with Gasteiger partial charge < -0.3 is 15.8 Å². The summed E-state index contributed by atoms with van der Waals surface area (Å²) in [6.45, 7) is 2.00. The number of nitrogens with one attached hydrogen (secondary N) is 1. The second-order valence-electron chi connectivity index (χ2n) is 4.40. The lowest BCUT2D eigenvalue weighted by Gasteiger charge is -2.13. The molecule has 0 aliphatic carbocycles. The van der Waals surface area contributed by atoms with Crippen LogP contribution >= 0.6 is 15.9 Å². The molecule has 0 aliphatic rings. The van der Waals surface area contributed by atoms with Gasteiger partial charge in [-0.2, -0.15) is 0 Å². The summed E-state index contributed by atoms with van der Waals surface area (Å²) in [6, 6.07) is 11.2. The summed E-state index contributed by atoms with van der Waals surface area (Å²) in [5, 5.41) is 3.21. The van der Waals surface area contributed by atoms with Crippen molar-refractivity contribution in [2.75, 3.05) is 18.2 Å². The Bertz CT molecular complexity index is 636. The van der Waals surface area contributed by atoms with Gasteiger partial charge in [0.25, 0.3) is 0 Å². The first-order valence-electron chi connectivity index (χ1n) is 6.02. The van der Waals surface area contributed by atoms with Crippen molar-refractivity contribution >= 4 is 39.0 Å². The van der Waals surface area contributed by atoms with Gasteiger partial charge in [0.05, 0.1) is 24.0 Å². The van der Waals surface area contributed by atoms with Gasteiger partial charge in [-0.15, -0.1) is 0 Å². The van der Waals surface area contributed by atoms with Crippen molar-refractivity contribution in [2.24, 2.45) is 0 Å². The van der Waals surface area contributed by atoms with E-state index in [1.807, 2.05) is 31.2 Å². The SMILES string of the molecule is COC(=O)c1cccc(Nc2cc(C)cc(Br)c2)c1N. The molecule has 2 aromatic rings. The van der Waals surface area contributed by atoms with Crippen LogP contribution in [0.2, 0.25) is 0 Å². The van der Waals surface area contributed by atoms with E-state index in [1.54, 1.807) is 12.1 Å². The number of aryl methyl sites for hydroxylation is 1. The largest absolute Gasteiger partial charge is 0.465 e. The van der Waals surface area contributed by atoms with E-state index in [4.69, 9.17) is 10.5 Å². The highest BCUT2D eigenvalue weighted by Crippen LogP contribution is 2.28. The number of halogens is 1. The molecule has 0 unspecified atom stereocenters. The van der Waals surface area contributed by atoms with Crippen LogP contribution in [0.1, 0.15) is 15.9 Å². The predicted octanol–water partition coefficient (Wildman–Crippen LogP) is 3.87. The quantitative estimate of drug-likeness (QED) is 0.660. The maximum absolute atomic E-state index is 11.6. The number of para-hydroxylation sites is 1. The van der Waals surface area contributed by atoms with E-state index < -0.39 is 5.97 Å². The predicted molar refractivity (Wildman–Crippen MR) is 84.4 cm³/mol. The molecule has 104 valence electrons. The Morgan fingerprint density at radius 1 is 1.30 bits per heavy atom. The highest BCUT2D eigenvalue weighted by Gasteiger charge is 2.12.